The normalized spacial score (nSPS) is 16.0. The molecule has 0 radical (unpaired) electrons. The maximum absolute atomic E-state index is 12.6. The average molecular weight is 355 g/mol. The molecule has 7 nitrogen and oxygen atoms in total. The first kappa shape index (κ1) is 17.7. The third kappa shape index (κ3) is 3.93. The Kier molecular flexibility index (Phi) is 5.36. The topological polar surface area (TPSA) is 94.8 Å². The molecule has 0 fully saturated rings. The zero-order valence-electron chi connectivity index (χ0n) is 14.6. The molecule has 1 atom stereocenters. The molecule has 0 saturated heterocycles. The Bertz CT molecular complexity index is 795. The van der Waals surface area contributed by atoms with Gasteiger partial charge >= 0.3 is 5.97 Å². The highest BCUT2D eigenvalue weighted by molar-refractivity contribution is 6.02. The molecular formula is C19H21N3O4. The standard InChI is InChI=1S/C19H21N3O4/c1-2-14-19(24)22(18-15(26-14)8-9-16(20)21-18)12-17(23)25-11-10-13-6-4-3-5-7-13/h3-9,14H,2,10-12H2,1H3,(H2,20,21). The molecule has 0 spiro atoms. The molecule has 136 valence electrons. The Morgan fingerprint density at radius 2 is 2.04 bits per heavy atom. The number of nitrogens with two attached hydrogens (primary N) is 1. The summed E-state index contributed by atoms with van der Waals surface area (Å²) in [6.07, 6.45) is 0.454. The van der Waals surface area contributed by atoms with E-state index in [0.717, 1.165) is 5.56 Å². The van der Waals surface area contributed by atoms with Crippen molar-refractivity contribution in [1.29, 1.82) is 0 Å². The van der Waals surface area contributed by atoms with Gasteiger partial charge in [0.25, 0.3) is 5.91 Å². The molecule has 1 amide bonds. The van der Waals surface area contributed by atoms with Crippen LogP contribution in [0.5, 0.6) is 5.75 Å². The summed E-state index contributed by atoms with van der Waals surface area (Å²) < 4.78 is 10.9. The third-order valence-electron chi connectivity index (χ3n) is 4.08. The first-order chi connectivity index (χ1) is 12.6. The summed E-state index contributed by atoms with van der Waals surface area (Å²) in [4.78, 5) is 30.2. The average Bonchev–Trinajstić information content (AvgIpc) is 2.65. The summed E-state index contributed by atoms with van der Waals surface area (Å²) >= 11 is 0. The lowest BCUT2D eigenvalue weighted by Crippen LogP contribution is -2.48. The molecule has 2 N–H and O–H groups in total. The number of anilines is 2. The van der Waals surface area contributed by atoms with Gasteiger partial charge in [0.2, 0.25) is 0 Å². The van der Waals surface area contributed by atoms with Gasteiger partial charge in [0.15, 0.2) is 17.7 Å². The largest absolute Gasteiger partial charge is 0.477 e. The van der Waals surface area contributed by atoms with Crippen LogP contribution in [-0.2, 0) is 20.7 Å². The summed E-state index contributed by atoms with van der Waals surface area (Å²) in [6.45, 7) is 1.86. The summed E-state index contributed by atoms with van der Waals surface area (Å²) in [5.41, 5.74) is 6.79. The lowest BCUT2D eigenvalue weighted by atomic mass is 10.2. The second-order valence-corrected chi connectivity index (χ2v) is 5.95. The van der Waals surface area contributed by atoms with Crippen LogP contribution in [0.25, 0.3) is 0 Å². The zero-order valence-corrected chi connectivity index (χ0v) is 14.6. The minimum atomic E-state index is -0.648. The number of carbonyl (C=O) groups excluding carboxylic acids is 2. The summed E-state index contributed by atoms with van der Waals surface area (Å²) in [6, 6.07) is 13.0. The molecule has 1 aromatic carbocycles. The lowest BCUT2D eigenvalue weighted by Gasteiger charge is -2.32. The van der Waals surface area contributed by atoms with Gasteiger partial charge in [-0.05, 0) is 24.1 Å². The molecule has 3 rings (SSSR count). The second kappa shape index (κ2) is 7.86. The Labute approximate surface area is 151 Å². The van der Waals surface area contributed by atoms with Crippen molar-refractivity contribution in [2.45, 2.75) is 25.9 Å². The van der Waals surface area contributed by atoms with Crippen molar-refractivity contribution in [3.05, 3.63) is 48.0 Å². The van der Waals surface area contributed by atoms with Crippen LogP contribution >= 0.6 is 0 Å². The van der Waals surface area contributed by atoms with Gasteiger partial charge in [0.1, 0.15) is 12.4 Å². The van der Waals surface area contributed by atoms with Crippen molar-refractivity contribution in [1.82, 2.24) is 4.98 Å². The molecule has 2 aromatic rings. The van der Waals surface area contributed by atoms with Crippen LogP contribution in [0.15, 0.2) is 42.5 Å². The highest BCUT2D eigenvalue weighted by Crippen LogP contribution is 2.33. The molecule has 7 heteroatoms. The van der Waals surface area contributed by atoms with E-state index in [9.17, 15) is 9.59 Å². The highest BCUT2D eigenvalue weighted by Gasteiger charge is 2.36. The van der Waals surface area contributed by atoms with Crippen molar-refractivity contribution < 1.29 is 19.1 Å². The SMILES string of the molecule is CCC1Oc2ccc(N)nc2N(CC(=O)OCCc2ccccc2)C1=O. The maximum Gasteiger partial charge on any atom is 0.326 e. The number of rotatable bonds is 6. The first-order valence-electron chi connectivity index (χ1n) is 8.52. The van der Waals surface area contributed by atoms with E-state index in [1.54, 1.807) is 12.1 Å². The number of aromatic nitrogens is 1. The van der Waals surface area contributed by atoms with Crippen LogP contribution in [0, 0.1) is 0 Å². The monoisotopic (exact) mass is 355 g/mol. The van der Waals surface area contributed by atoms with Crippen molar-refractivity contribution in [2.24, 2.45) is 0 Å². The van der Waals surface area contributed by atoms with Crippen LogP contribution < -0.4 is 15.4 Å². The van der Waals surface area contributed by atoms with Gasteiger partial charge in [-0.15, -0.1) is 0 Å². The van der Waals surface area contributed by atoms with E-state index >= 15 is 0 Å². The number of hydrogen-bond acceptors (Lipinski definition) is 6. The maximum atomic E-state index is 12.6. The van der Waals surface area contributed by atoms with Gasteiger partial charge in [0.05, 0.1) is 6.61 Å². The molecule has 0 aliphatic carbocycles. The van der Waals surface area contributed by atoms with E-state index in [0.29, 0.717) is 18.6 Å². The first-order valence-corrected chi connectivity index (χ1v) is 8.52. The molecule has 1 aromatic heterocycles. The predicted molar refractivity (Wildman–Crippen MR) is 96.8 cm³/mol. The van der Waals surface area contributed by atoms with Gasteiger partial charge in [0, 0.05) is 6.42 Å². The number of carbonyl (C=O) groups is 2. The number of nitrogens with zero attached hydrogens (tertiary/aromatic N) is 2. The third-order valence-corrected chi connectivity index (χ3v) is 4.08. The minimum Gasteiger partial charge on any atom is -0.477 e. The number of fused-ring (bicyclic) bond motifs is 1. The molecule has 1 aliphatic heterocycles. The molecule has 2 heterocycles. The number of hydrogen-bond donors (Lipinski definition) is 1. The number of esters is 1. The van der Waals surface area contributed by atoms with E-state index < -0.39 is 12.1 Å². The molecule has 1 aliphatic rings. The number of ether oxygens (including phenoxy) is 2. The molecule has 1 unspecified atom stereocenters. The predicted octanol–water partition coefficient (Wildman–Crippen LogP) is 1.95. The molecular weight excluding hydrogens is 334 g/mol. The summed E-state index contributed by atoms with van der Waals surface area (Å²) in [7, 11) is 0. The van der Waals surface area contributed by atoms with E-state index in [2.05, 4.69) is 4.98 Å². The number of pyridine rings is 1. The number of benzene rings is 1. The van der Waals surface area contributed by atoms with Gasteiger partial charge in [-0.2, -0.15) is 0 Å². The van der Waals surface area contributed by atoms with Crippen molar-refractivity contribution >= 4 is 23.5 Å². The van der Waals surface area contributed by atoms with Crippen LogP contribution in [0.2, 0.25) is 0 Å². The van der Waals surface area contributed by atoms with Gasteiger partial charge in [-0.3, -0.25) is 14.5 Å². The van der Waals surface area contributed by atoms with E-state index in [4.69, 9.17) is 15.2 Å². The van der Waals surface area contributed by atoms with Crippen LogP contribution in [-0.4, -0.2) is 36.1 Å². The van der Waals surface area contributed by atoms with Crippen LogP contribution in [0.4, 0.5) is 11.6 Å². The molecule has 26 heavy (non-hydrogen) atoms. The van der Waals surface area contributed by atoms with Crippen molar-refractivity contribution in [3.63, 3.8) is 0 Å². The van der Waals surface area contributed by atoms with Gasteiger partial charge in [-0.25, -0.2) is 4.98 Å². The Hall–Kier alpha value is -3.09. The van der Waals surface area contributed by atoms with Crippen molar-refractivity contribution in [2.75, 3.05) is 23.8 Å². The Morgan fingerprint density at radius 3 is 2.77 bits per heavy atom. The smallest absolute Gasteiger partial charge is 0.326 e. The summed E-state index contributed by atoms with van der Waals surface area (Å²) in [5.74, 6) is 0.110. The fourth-order valence-corrected chi connectivity index (χ4v) is 2.73. The number of nitrogen functional groups attached to an aromatic ring is 1. The molecule has 0 bridgehead atoms. The van der Waals surface area contributed by atoms with E-state index in [-0.39, 0.29) is 30.7 Å². The van der Waals surface area contributed by atoms with Crippen LogP contribution in [0.1, 0.15) is 18.9 Å². The second-order valence-electron chi connectivity index (χ2n) is 5.95. The summed E-state index contributed by atoms with van der Waals surface area (Å²) in [5, 5.41) is 0. The quantitative estimate of drug-likeness (QED) is 0.796. The Morgan fingerprint density at radius 1 is 1.27 bits per heavy atom. The van der Waals surface area contributed by atoms with E-state index in [1.807, 2.05) is 37.3 Å². The number of amides is 1. The fourth-order valence-electron chi connectivity index (χ4n) is 2.73. The lowest BCUT2D eigenvalue weighted by molar-refractivity contribution is -0.143. The van der Waals surface area contributed by atoms with Gasteiger partial charge in [-0.1, -0.05) is 37.3 Å². The minimum absolute atomic E-state index is 0.225. The van der Waals surface area contributed by atoms with E-state index in [1.165, 1.54) is 4.90 Å². The highest BCUT2D eigenvalue weighted by atomic mass is 16.5. The molecule has 0 saturated carbocycles. The van der Waals surface area contributed by atoms with Gasteiger partial charge < -0.3 is 15.2 Å². The zero-order chi connectivity index (χ0) is 18.5. The van der Waals surface area contributed by atoms with Crippen LogP contribution in [0.3, 0.4) is 0 Å². The Balaban J connectivity index is 1.66. The fraction of sp³-hybridized carbons (Fsp3) is 0.316. The van der Waals surface area contributed by atoms with Crippen molar-refractivity contribution in [3.8, 4) is 5.75 Å².